The molecule has 0 spiro atoms. The zero-order valence-corrected chi connectivity index (χ0v) is 17.4. The summed E-state index contributed by atoms with van der Waals surface area (Å²) in [6.07, 6.45) is 5.12. The van der Waals surface area contributed by atoms with E-state index in [0.29, 0.717) is 12.3 Å². The molecule has 2 saturated carbocycles. The van der Waals surface area contributed by atoms with Crippen LogP contribution in [0.1, 0.15) is 70.9 Å². The largest absolute Gasteiger partial charge is 0.497 e. The summed E-state index contributed by atoms with van der Waals surface area (Å²) in [4.78, 5) is 0. The van der Waals surface area contributed by atoms with Gasteiger partial charge in [-0.05, 0) is 79.5 Å². The fourth-order valence-electron chi connectivity index (χ4n) is 6.79. The summed E-state index contributed by atoms with van der Waals surface area (Å²) in [5.74, 6) is 1.27. The lowest BCUT2D eigenvalue weighted by atomic mass is 9.38. The minimum atomic E-state index is -0.959. The van der Waals surface area contributed by atoms with Crippen molar-refractivity contribution in [2.75, 3.05) is 13.7 Å². The van der Waals surface area contributed by atoms with Gasteiger partial charge in [0.25, 0.3) is 0 Å². The first-order valence-corrected chi connectivity index (χ1v) is 10.0. The van der Waals surface area contributed by atoms with Crippen molar-refractivity contribution in [3.05, 3.63) is 29.3 Å². The number of benzene rings is 1. The van der Waals surface area contributed by atoms with Crippen LogP contribution >= 0.6 is 0 Å². The summed E-state index contributed by atoms with van der Waals surface area (Å²) < 4.78 is 5.53. The molecular formula is C23H36O3. The average Bonchev–Trinajstić information content (AvgIpc) is 2.53. The van der Waals surface area contributed by atoms with Gasteiger partial charge in [-0.15, -0.1) is 0 Å². The third-order valence-corrected chi connectivity index (χ3v) is 8.06. The number of aliphatic hydroxyl groups is 2. The van der Waals surface area contributed by atoms with Crippen LogP contribution in [0, 0.1) is 23.7 Å². The second-order valence-corrected chi connectivity index (χ2v) is 9.93. The lowest BCUT2D eigenvalue weighted by molar-refractivity contribution is -0.201. The predicted octanol–water partition coefficient (Wildman–Crippen LogP) is 4.61. The Morgan fingerprint density at radius 1 is 1.08 bits per heavy atom. The van der Waals surface area contributed by atoms with Crippen LogP contribution in [0.3, 0.4) is 0 Å². The summed E-state index contributed by atoms with van der Waals surface area (Å²) in [5, 5.41) is 22.5. The van der Waals surface area contributed by atoms with Crippen molar-refractivity contribution in [2.24, 2.45) is 16.7 Å². The molecule has 3 rings (SSSR count). The number of methoxy groups -OCH3 is 1. The topological polar surface area (TPSA) is 49.7 Å². The summed E-state index contributed by atoms with van der Waals surface area (Å²) >= 11 is 0. The van der Waals surface area contributed by atoms with E-state index in [1.807, 2.05) is 19.1 Å². The first kappa shape index (κ1) is 19.7. The third kappa shape index (κ3) is 2.54. The number of aliphatic hydroxyl groups excluding tert-OH is 1. The highest BCUT2D eigenvalue weighted by Gasteiger charge is 2.67. The van der Waals surface area contributed by atoms with Crippen LogP contribution in [0.2, 0.25) is 0 Å². The number of hydrogen-bond donors (Lipinski definition) is 2. The molecule has 1 aromatic rings. The first-order chi connectivity index (χ1) is 12.0. The minimum absolute atomic E-state index is 0.0459. The third-order valence-electron chi connectivity index (χ3n) is 8.06. The van der Waals surface area contributed by atoms with Gasteiger partial charge in [0, 0.05) is 0 Å². The number of rotatable bonds is 3. The first-order valence-electron chi connectivity index (χ1n) is 10.0. The molecule has 26 heavy (non-hydrogen) atoms. The van der Waals surface area contributed by atoms with E-state index in [1.54, 1.807) is 7.11 Å². The van der Waals surface area contributed by atoms with Crippen LogP contribution in [0.15, 0.2) is 18.2 Å². The maximum absolute atomic E-state index is 11.7. The molecular weight excluding hydrogens is 324 g/mol. The van der Waals surface area contributed by atoms with Crippen molar-refractivity contribution in [3.8, 4) is 5.75 Å². The zero-order chi connectivity index (χ0) is 19.4. The van der Waals surface area contributed by atoms with E-state index < -0.39 is 11.0 Å². The van der Waals surface area contributed by atoms with Gasteiger partial charge >= 0.3 is 0 Å². The molecule has 2 fully saturated rings. The van der Waals surface area contributed by atoms with Gasteiger partial charge in [0.05, 0.1) is 24.7 Å². The van der Waals surface area contributed by atoms with Crippen molar-refractivity contribution >= 4 is 0 Å². The summed E-state index contributed by atoms with van der Waals surface area (Å²) in [5.41, 5.74) is 0.525. The molecule has 0 saturated heterocycles. The smallest absolute Gasteiger partial charge is 0.119 e. The highest BCUT2D eigenvalue weighted by molar-refractivity contribution is 5.43. The number of aryl methyl sites for hydroxylation is 1. The van der Waals surface area contributed by atoms with Crippen LogP contribution < -0.4 is 4.74 Å². The molecule has 0 heterocycles. The standard InChI is InChI=1S/C23H36O3/c1-16-12-17(14-18(13-16)26-6)23(15-24)21(4)10-7-9-20(2,3)19(21)8-11-22(23,5)25/h12-14,19,24-25H,7-11,15H2,1-6H3/t19-,21-,22+,23-/m0/s1. The highest BCUT2D eigenvalue weighted by atomic mass is 16.5. The monoisotopic (exact) mass is 360 g/mol. The van der Waals surface area contributed by atoms with Gasteiger partial charge in [0.2, 0.25) is 0 Å². The highest BCUT2D eigenvalue weighted by Crippen LogP contribution is 2.67. The van der Waals surface area contributed by atoms with Crippen molar-refractivity contribution < 1.29 is 14.9 Å². The molecule has 2 N–H and O–H groups in total. The molecule has 0 unspecified atom stereocenters. The van der Waals surface area contributed by atoms with Crippen molar-refractivity contribution in [1.82, 2.24) is 0 Å². The maximum Gasteiger partial charge on any atom is 0.119 e. The fraction of sp³-hybridized carbons (Fsp3) is 0.739. The maximum atomic E-state index is 11.7. The van der Waals surface area contributed by atoms with E-state index in [2.05, 4.69) is 33.8 Å². The van der Waals surface area contributed by atoms with E-state index in [1.165, 1.54) is 6.42 Å². The molecule has 2 aliphatic carbocycles. The summed E-state index contributed by atoms with van der Waals surface area (Å²) in [6.45, 7) is 11.0. The van der Waals surface area contributed by atoms with Crippen molar-refractivity contribution in [2.45, 2.75) is 77.7 Å². The van der Waals surface area contributed by atoms with Gasteiger partial charge in [-0.3, -0.25) is 0 Å². The van der Waals surface area contributed by atoms with E-state index >= 15 is 0 Å². The molecule has 0 aromatic heterocycles. The van der Waals surface area contributed by atoms with Gasteiger partial charge in [0.15, 0.2) is 0 Å². The molecule has 2 aliphatic rings. The quantitative estimate of drug-likeness (QED) is 0.827. The van der Waals surface area contributed by atoms with Crippen LogP contribution in [0.5, 0.6) is 5.75 Å². The lowest BCUT2D eigenvalue weighted by Gasteiger charge is -2.67. The Labute approximate surface area is 158 Å². The van der Waals surface area contributed by atoms with Gasteiger partial charge < -0.3 is 14.9 Å². The normalized spacial score (nSPS) is 39.3. The number of hydrogen-bond acceptors (Lipinski definition) is 3. The number of ether oxygens (including phenoxy) is 1. The number of fused-ring (bicyclic) bond motifs is 1. The predicted molar refractivity (Wildman–Crippen MR) is 106 cm³/mol. The molecule has 0 amide bonds. The van der Waals surface area contributed by atoms with E-state index in [-0.39, 0.29) is 17.4 Å². The van der Waals surface area contributed by atoms with Gasteiger partial charge in [-0.25, -0.2) is 0 Å². The van der Waals surface area contributed by atoms with Crippen molar-refractivity contribution in [1.29, 1.82) is 0 Å². The van der Waals surface area contributed by atoms with Crippen LogP contribution in [0.4, 0.5) is 0 Å². The summed E-state index contributed by atoms with van der Waals surface area (Å²) in [7, 11) is 1.68. The van der Waals surface area contributed by atoms with Crippen LogP contribution in [-0.4, -0.2) is 29.5 Å². The summed E-state index contributed by atoms with van der Waals surface area (Å²) in [6, 6.07) is 6.19. The Morgan fingerprint density at radius 2 is 1.77 bits per heavy atom. The van der Waals surface area contributed by atoms with Crippen LogP contribution in [-0.2, 0) is 5.41 Å². The fourth-order valence-corrected chi connectivity index (χ4v) is 6.79. The van der Waals surface area contributed by atoms with Gasteiger partial charge in [-0.2, -0.15) is 0 Å². The second kappa shape index (κ2) is 6.24. The Kier molecular flexibility index (Phi) is 4.73. The molecule has 0 radical (unpaired) electrons. The second-order valence-electron chi connectivity index (χ2n) is 9.93. The van der Waals surface area contributed by atoms with Crippen LogP contribution in [0.25, 0.3) is 0 Å². The Hall–Kier alpha value is -1.06. The van der Waals surface area contributed by atoms with Gasteiger partial charge in [0.1, 0.15) is 5.75 Å². The molecule has 4 atom stereocenters. The molecule has 1 aromatic carbocycles. The molecule has 146 valence electrons. The Morgan fingerprint density at radius 3 is 2.38 bits per heavy atom. The average molecular weight is 361 g/mol. The van der Waals surface area contributed by atoms with Gasteiger partial charge in [-0.1, -0.05) is 33.3 Å². The SMILES string of the molecule is COc1cc(C)cc([C@@]2(CO)[C@@]3(C)CCCC(C)(C)[C@@H]3CC[C@@]2(C)O)c1. The zero-order valence-electron chi connectivity index (χ0n) is 17.4. The van der Waals surface area contributed by atoms with E-state index in [9.17, 15) is 10.2 Å². The molecule has 0 bridgehead atoms. The molecule has 0 aliphatic heterocycles. The van der Waals surface area contributed by atoms with E-state index in [4.69, 9.17) is 4.74 Å². The minimum Gasteiger partial charge on any atom is -0.497 e. The Bertz CT molecular complexity index is 678. The lowest BCUT2D eigenvalue weighted by Crippen LogP contribution is -2.69. The Balaban J connectivity index is 2.28. The van der Waals surface area contributed by atoms with E-state index in [0.717, 1.165) is 36.1 Å². The van der Waals surface area contributed by atoms with Crippen molar-refractivity contribution in [3.63, 3.8) is 0 Å². The molecule has 3 heteroatoms. The molecule has 3 nitrogen and oxygen atoms in total.